The fourth-order valence-electron chi connectivity index (χ4n) is 8.08. The summed E-state index contributed by atoms with van der Waals surface area (Å²) in [6.45, 7) is 4.66. The first kappa shape index (κ1) is 29.4. The molecule has 3 amide bonds. The van der Waals surface area contributed by atoms with Crippen molar-refractivity contribution in [3.05, 3.63) is 103 Å². The van der Waals surface area contributed by atoms with E-state index >= 15 is 0 Å². The fourth-order valence-corrected chi connectivity index (χ4v) is 8.08. The van der Waals surface area contributed by atoms with Crippen LogP contribution in [0.15, 0.2) is 97.1 Å². The number of carbonyl (C=O) groups excluding carboxylic acids is 3. The average Bonchev–Trinajstić information content (AvgIpc) is 3.36. The summed E-state index contributed by atoms with van der Waals surface area (Å²) in [5.74, 6) is -2.50. The summed E-state index contributed by atoms with van der Waals surface area (Å²) in [5, 5.41) is 12.5. The maximum absolute atomic E-state index is 14.9. The standard InChI is InChI=1S/C37H39N3O5/c1-3-28(24-41)40-32-35(44)39(29-17-16-26-14-8-9-15-27(26)22-29)21-11-19-37(32)31(34(40)43)30-33(42)38(23-25-12-6-5-7-13-25)20-10-18-36(30,4-2)45-37/h5-19,22,28,30-32,41H,3-4,20-21,23-24H2,1-2H3/t28-,30+,31-,32?,36-,37-/m0/s1. The van der Waals surface area contributed by atoms with Crippen LogP contribution in [0, 0.1) is 11.8 Å². The highest BCUT2D eigenvalue weighted by Crippen LogP contribution is 2.59. The highest BCUT2D eigenvalue weighted by Gasteiger charge is 2.75. The Hall–Kier alpha value is -4.27. The molecule has 0 aliphatic carbocycles. The lowest BCUT2D eigenvalue weighted by molar-refractivity contribution is -0.153. The van der Waals surface area contributed by atoms with E-state index in [1.165, 1.54) is 0 Å². The predicted octanol–water partition coefficient (Wildman–Crippen LogP) is 4.47. The Kier molecular flexibility index (Phi) is 7.37. The van der Waals surface area contributed by atoms with Gasteiger partial charge < -0.3 is 24.5 Å². The molecule has 45 heavy (non-hydrogen) atoms. The Labute approximate surface area is 263 Å². The van der Waals surface area contributed by atoms with Gasteiger partial charge in [0.25, 0.3) is 5.91 Å². The maximum Gasteiger partial charge on any atom is 0.253 e. The first-order valence-electron chi connectivity index (χ1n) is 16.0. The molecule has 2 saturated heterocycles. The predicted molar refractivity (Wildman–Crippen MR) is 172 cm³/mol. The second kappa shape index (κ2) is 11.3. The topological polar surface area (TPSA) is 90.4 Å². The minimum absolute atomic E-state index is 0.157. The van der Waals surface area contributed by atoms with Crippen LogP contribution < -0.4 is 4.90 Å². The van der Waals surface area contributed by atoms with Crippen LogP contribution in [-0.2, 0) is 25.7 Å². The number of fused-ring (bicyclic) bond motifs is 3. The molecule has 232 valence electrons. The third-order valence-electron chi connectivity index (χ3n) is 10.3. The lowest BCUT2D eigenvalue weighted by Crippen LogP contribution is -2.59. The molecule has 1 unspecified atom stereocenters. The molecule has 3 aromatic rings. The molecular formula is C37H39N3O5. The van der Waals surface area contributed by atoms with Crippen molar-refractivity contribution >= 4 is 34.2 Å². The number of amides is 3. The summed E-state index contributed by atoms with van der Waals surface area (Å²) < 4.78 is 7.10. The number of anilines is 1. The molecule has 0 radical (unpaired) electrons. The van der Waals surface area contributed by atoms with Crippen LogP contribution in [0.4, 0.5) is 5.69 Å². The molecule has 4 heterocycles. The Bertz CT molecular complexity index is 1700. The molecule has 1 spiro atoms. The van der Waals surface area contributed by atoms with E-state index in [1.807, 2.05) is 111 Å². The van der Waals surface area contributed by atoms with E-state index in [4.69, 9.17) is 4.74 Å². The van der Waals surface area contributed by atoms with Crippen molar-refractivity contribution in [1.29, 1.82) is 0 Å². The molecule has 0 saturated carbocycles. The summed E-state index contributed by atoms with van der Waals surface area (Å²) in [6.07, 6.45) is 8.61. The number of aliphatic hydroxyl groups excluding tert-OH is 1. The summed E-state index contributed by atoms with van der Waals surface area (Å²) in [5.41, 5.74) is -0.720. The largest absolute Gasteiger partial charge is 0.394 e. The first-order valence-corrected chi connectivity index (χ1v) is 16.0. The molecule has 8 nitrogen and oxygen atoms in total. The van der Waals surface area contributed by atoms with Gasteiger partial charge in [-0.05, 0) is 41.3 Å². The molecule has 1 N–H and O–H groups in total. The number of hydrogen-bond donors (Lipinski definition) is 1. The molecule has 0 bridgehead atoms. The van der Waals surface area contributed by atoms with Gasteiger partial charge >= 0.3 is 0 Å². The van der Waals surface area contributed by atoms with E-state index in [9.17, 15) is 19.5 Å². The quantitative estimate of drug-likeness (QED) is 0.402. The molecule has 2 fully saturated rings. The lowest BCUT2D eigenvalue weighted by Gasteiger charge is -2.40. The number of likely N-dealkylation sites (tertiary alicyclic amines) is 1. The number of nitrogens with zero attached hydrogens (tertiary/aromatic N) is 3. The molecule has 0 aromatic heterocycles. The van der Waals surface area contributed by atoms with Gasteiger partial charge in [0.15, 0.2) is 0 Å². The number of carbonyl (C=O) groups is 3. The van der Waals surface area contributed by atoms with Crippen LogP contribution >= 0.6 is 0 Å². The highest BCUT2D eigenvalue weighted by molar-refractivity contribution is 6.07. The minimum atomic E-state index is -1.38. The third kappa shape index (κ3) is 4.45. The van der Waals surface area contributed by atoms with Gasteiger partial charge in [-0.1, -0.05) is 98.8 Å². The van der Waals surface area contributed by atoms with Gasteiger partial charge in [0.05, 0.1) is 30.1 Å². The average molecular weight is 606 g/mol. The van der Waals surface area contributed by atoms with E-state index < -0.39 is 35.1 Å². The van der Waals surface area contributed by atoms with Crippen molar-refractivity contribution in [1.82, 2.24) is 9.80 Å². The third-order valence-corrected chi connectivity index (χ3v) is 10.3. The molecule has 4 aliphatic heterocycles. The first-order chi connectivity index (χ1) is 21.9. The number of aliphatic hydroxyl groups is 1. The van der Waals surface area contributed by atoms with E-state index in [-0.39, 0.29) is 30.9 Å². The number of ether oxygens (including phenoxy) is 1. The summed E-state index contributed by atoms with van der Waals surface area (Å²) in [6, 6.07) is 22.1. The van der Waals surface area contributed by atoms with E-state index in [2.05, 4.69) is 0 Å². The SMILES string of the molecule is CC[C@@H](CO)N1C(=O)[C@@H]2[C@@H]3C(=O)N(Cc4ccccc4)CC=C[C@]3(CC)O[C@@]23C=CCN(c2ccc4ccccc4c2)C(=O)C13. The van der Waals surface area contributed by atoms with E-state index in [0.29, 0.717) is 25.9 Å². The molecule has 7 rings (SSSR count). The van der Waals surface area contributed by atoms with Crippen molar-refractivity contribution in [2.75, 3.05) is 24.6 Å². The monoisotopic (exact) mass is 605 g/mol. The van der Waals surface area contributed by atoms with Crippen molar-refractivity contribution < 1.29 is 24.2 Å². The van der Waals surface area contributed by atoms with Crippen LogP contribution in [0.3, 0.4) is 0 Å². The number of rotatable bonds is 7. The van der Waals surface area contributed by atoms with Crippen LogP contribution in [0.2, 0.25) is 0 Å². The van der Waals surface area contributed by atoms with Crippen LogP contribution in [0.5, 0.6) is 0 Å². The Balaban J connectivity index is 1.34. The van der Waals surface area contributed by atoms with Gasteiger partial charge in [0.2, 0.25) is 11.8 Å². The highest BCUT2D eigenvalue weighted by atomic mass is 16.5. The van der Waals surface area contributed by atoms with E-state index in [1.54, 1.807) is 14.7 Å². The fraction of sp³-hybridized carbons (Fsp3) is 0.378. The minimum Gasteiger partial charge on any atom is -0.394 e. The molecule has 6 atom stereocenters. The summed E-state index contributed by atoms with van der Waals surface area (Å²) in [4.78, 5) is 49.3. The summed E-state index contributed by atoms with van der Waals surface area (Å²) >= 11 is 0. The Morgan fingerprint density at radius 2 is 1.58 bits per heavy atom. The van der Waals surface area contributed by atoms with Crippen LogP contribution in [0.25, 0.3) is 10.8 Å². The van der Waals surface area contributed by atoms with Gasteiger partial charge in [0, 0.05) is 25.3 Å². The van der Waals surface area contributed by atoms with Gasteiger partial charge in [-0.2, -0.15) is 0 Å². The van der Waals surface area contributed by atoms with Crippen molar-refractivity contribution in [2.45, 2.75) is 56.5 Å². The van der Waals surface area contributed by atoms with Crippen molar-refractivity contribution in [3.8, 4) is 0 Å². The zero-order chi connectivity index (χ0) is 31.3. The molecule has 4 aliphatic rings. The lowest BCUT2D eigenvalue weighted by atomic mass is 9.73. The van der Waals surface area contributed by atoms with Crippen molar-refractivity contribution in [2.24, 2.45) is 11.8 Å². The van der Waals surface area contributed by atoms with Gasteiger partial charge in [-0.3, -0.25) is 14.4 Å². The number of benzene rings is 3. The molecule has 3 aromatic carbocycles. The van der Waals surface area contributed by atoms with E-state index in [0.717, 1.165) is 22.0 Å². The Morgan fingerprint density at radius 1 is 0.844 bits per heavy atom. The van der Waals surface area contributed by atoms with Gasteiger partial charge in [-0.15, -0.1) is 0 Å². The Morgan fingerprint density at radius 3 is 2.31 bits per heavy atom. The number of hydrogen-bond acceptors (Lipinski definition) is 5. The molecule has 8 heteroatoms. The zero-order valence-corrected chi connectivity index (χ0v) is 25.7. The zero-order valence-electron chi connectivity index (χ0n) is 25.7. The maximum atomic E-state index is 14.9. The van der Waals surface area contributed by atoms with Gasteiger partial charge in [-0.25, -0.2) is 0 Å². The normalized spacial score (nSPS) is 29.9. The van der Waals surface area contributed by atoms with Gasteiger partial charge in [0.1, 0.15) is 11.6 Å². The second-order valence-corrected chi connectivity index (χ2v) is 12.6. The smallest absolute Gasteiger partial charge is 0.253 e. The molecular weight excluding hydrogens is 566 g/mol. The second-order valence-electron chi connectivity index (χ2n) is 12.6. The van der Waals surface area contributed by atoms with Crippen LogP contribution in [-0.4, -0.2) is 75.6 Å². The van der Waals surface area contributed by atoms with Crippen LogP contribution in [0.1, 0.15) is 32.3 Å². The van der Waals surface area contributed by atoms with Crippen molar-refractivity contribution in [3.63, 3.8) is 0 Å². The summed E-state index contributed by atoms with van der Waals surface area (Å²) in [7, 11) is 0.